The van der Waals surface area contributed by atoms with E-state index in [1.54, 1.807) is 0 Å². The molecular formula is C14H31N3. The van der Waals surface area contributed by atoms with Crippen molar-refractivity contribution in [2.45, 2.75) is 82.8 Å². The first kappa shape index (κ1) is 14.9. The van der Waals surface area contributed by atoms with Crippen LogP contribution in [0.4, 0.5) is 0 Å². The summed E-state index contributed by atoms with van der Waals surface area (Å²) in [5.74, 6) is 0. The van der Waals surface area contributed by atoms with Crippen molar-refractivity contribution < 1.29 is 0 Å². The molecule has 0 aromatic carbocycles. The fourth-order valence-electron chi connectivity index (χ4n) is 2.68. The highest BCUT2D eigenvalue weighted by atomic mass is 15.1. The number of rotatable bonds is 8. The molecule has 0 radical (unpaired) electrons. The topological polar surface area (TPSA) is 64.1 Å². The minimum absolute atomic E-state index is 0.136. The molecule has 17 heavy (non-hydrogen) atoms. The van der Waals surface area contributed by atoms with E-state index in [-0.39, 0.29) is 11.7 Å². The molecule has 0 amide bonds. The molecule has 2 atom stereocenters. The summed E-state index contributed by atoms with van der Waals surface area (Å²) in [6.07, 6.45) is 12.6. The number of nitrogens with one attached hydrogen (secondary N) is 1. The predicted molar refractivity (Wildman–Crippen MR) is 74.7 cm³/mol. The molecule has 0 saturated carbocycles. The molecule has 1 aliphatic rings. The maximum absolute atomic E-state index is 6.33. The number of nitrogens with two attached hydrogens (primary N) is 2. The Morgan fingerprint density at radius 1 is 1.12 bits per heavy atom. The van der Waals surface area contributed by atoms with Gasteiger partial charge in [0.05, 0.1) is 5.66 Å². The molecule has 3 heteroatoms. The Balaban J connectivity index is 2.04. The molecule has 1 fully saturated rings. The second kappa shape index (κ2) is 8.06. The van der Waals surface area contributed by atoms with Crippen LogP contribution in [0.1, 0.15) is 71.1 Å². The summed E-state index contributed by atoms with van der Waals surface area (Å²) >= 11 is 0. The first-order valence-corrected chi connectivity index (χ1v) is 7.48. The summed E-state index contributed by atoms with van der Waals surface area (Å²) in [7, 11) is 0. The molecule has 0 aromatic rings. The Bertz CT molecular complexity index is 196. The van der Waals surface area contributed by atoms with Gasteiger partial charge in [0.15, 0.2) is 0 Å². The molecule has 1 saturated heterocycles. The van der Waals surface area contributed by atoms with Crippen molar-refractivity contribution in [2.75, 3.05) is 6.54 Å². The van der Waals surface area contributed by atoms with Crippen LogP contribution in [0.15, 0.2) is 0 Å². The number of piperidine rings is 1. The van der Waals surface area contributed by atoms with Crippen LogP contribution in [0.25, 0.3) is 0 Å². The van der Waals surface area contributed by atoms with Gasteiger partial charge >= 0.3 is 0 Å². The first-order valence-electron chi connectivity index (χ1n) is 7.48. The van der Waals surface area contributed by atoms with Crippen LogP contribution in [0.5, 0.6) is 0 Å². The van der Waals surface area contributed by atoms with Gasteiger partial charge in [0.2, 0.25) is 0 Å². The molecule has 0 aromatic heterocycles. The van der Waals surface area contributed by atoms with E-state index in [4.69, 9.17) is 11.5 Å². The fraction of sp³-hybridized carbons (Fsp3) is 1.00. The van der Waals surface area contributed by atoms with Crippen molar-refractivity contribution >= 4 is 0 Å². The van der Waals surface area contributed by atoms with Gasteiger partial charge < -0.3 is 11.5 Å². The van der Waals surface area contributed by atoms with Gasteiger partial charge in [-0.1, -0.05) is 51.9 Å². The summed E-state index contributed by atoms with van der Waals surface area (Å²) in [5, 5.41) is 3.41. The summed E-state index contributed by atoms with van der Waals surface area (Å²) in [6, 6.07) is 0.136. The SMILES string of the molecule is CCCCCCCCCC1(N)NCCCC1N. The van der Waals surface area contributed by atoms with Crippen LogP contribution in [0, 0.1) is 0 Å². The quantitative estimate of drug-likeness (QED) is 0.572. The van der Waals surface area contributed by atoms with Crippen molar-refractivity contribution in [3.63, 3.8) is 0 Å². The molecule has 0 aliphatic carbocycles. The zero-order chi connectivity index (χ0) is 12.6. The summed E-state index contributed by atoms with van der Waals surface area (Å²) in [4.78, 5) is 0. The van der Waals surface area contributed by atoms with Crippen LogP contribution in [-0.2, 0) is 0 Å². The molecule has 102 valence electrons. The Labute approximate surface area is 107 Å². The van der Waals surface area contributed by atoms with Gasteiger partial charge in [-0.2, -0.15) is 0 Å². The van der Waals surface area contributed by atoms with Crippen LogP contribution in [0.2, 0.25) is 0 Å². The normalized spacial score (nSPS) is 29.5. The van der Waals surface area contributed by atoms with Crippen molar-refractivity contribution in [3.8, 4) is 0 Å². The predicted octanol–water partition coefficient (Wildman–Crippen LogP) is 2.49. The van der Waals surface area contributed by atoms with Gasteiger partial charge in [-0.3, -0.25) is 5.32 Å². The van der Waals surface area contributed by atoms with Crippen molar-refractivity contribution in [1.29, 1.82) is 0 Å². The van der Waals surface area contributed by atoms with Crippen molar-refractivity contribution in [1.82, 2.24) is 5.32 Å². The van der Waals surface area contributed by atoms with E-state index >= 15 is 0 Å². The van der Waals surface area contributed by atoms with E-state index in [1.165, 1.54) is 44.9 Å². The average Bonchev–Trinajstić information content (AvgIpc) is 2.32. The zero-order valence-electron chi connectivity index (χ0n) is 11.5. The molecule has 1 heterocycles. The van der Waals surface area contributed by atoms with E-state index in [9.17, 15) is 0 Å². The number of hydrogen-bond donors (Lipinski definition) is 3. The minimum Gasteiger partial charge on any atom is -0.325 e. The van der Waals surface area contributed by atoms with Crippen LogP contribution >= 0.6 is 0 Å². The molecule has 5 N–H and O–H groups in total. The lowest BCUT2D eigenvalue weighted by Gasteiger charge is -2.40. The Kier molecular flexibility index (Phi) is 7.09. The Morgan fingerprint density at radius 3 is 2.41 bits per heavy atom. The van der Waals surface area contributed by atoms with Crippen molar-refractivity contribution in [3.05, 3.63) is 0 Å². The van der Waals surface area contributed by atoms with E-state index in [1.807, 2.05) is 0 Å². The second-order valence-electron chi connectivity index (χ2n) is 5.59. The largest absolute Gasteiger partial charge is 0.325 e. The molecule has 1 rings (SSSR count). The van der Waals surface area contributed by atoms with Gasteiger partial charge in [0.1, 0.15) is 0 Å². The molecule has 0 bridgehead atoms. The lowest BCUT2D eigenvalue weighted by atomic mass is 9.88. The van der Waals surface area contributed by atoms with Crippen LogP contribution in [-0.4, -0.2) is 18.2 Å². The second-order valence-corrected chi connectivity index (χ2v) is 5.59. The molecule has 2 unspecified atom stereocenters. The van der Waals surface area contributed by atoms with E-state index in [0.29, 0.717) is 0 Å². The monoisotopic (exact) mass is 241 g/mol. The molecule has 0 spiro atoms. The Morgan fingerprint density at radius 2 is 1.76 bits per heavy atom. The highest BCUT2D eigenvalue weighted by Gasteiger charge is 2.33. The van der Waals surface area contributed by atoms with Crippen LogP contribution in [0.3, 0.4) is 0 Å². The third-order valence-corrected chi connectivity index (χ3v) is 4.00. The number of unbranched alkanes of at least 4 members (excludes halogenated alkanes) is 6. The standard InChI is InChI=1S/C14H31N3/c1-2-3-4-5-6-7-8-11-14(16)13(15)10-9-12-17-14/h13,17H,2-12,15-16H2,1H3. The van der Waals surface area contributed by atoms with Crippen LogP contribution < -0.4 is 16.8 Å². The maximum Gasteiger partial charge on any atom is 0.0817 e. The van der Waals surface area contributed by atoms with Crippen molar-refractivity contribution in [2.24, 2.45) is 11.5 Å². The summed E-state index contributed by atoms with van der Waals surface area (Å²) < 4.78 is 0. The molecule has 1 aliphatic heterocycles. The lowest BCUT2D eigenvalue weighted by molar-refractivity contribution is 0.202. The Hall–Kier alpha value is -0.120. The third-order valence-electron chi connectivity index (χ3n) is 4.00. The zero-order valence-corrected chi connectivity index (χ0v) is 11.5. The molecule has 3 nitrogen and oxygen atoms in total. The third kappa shape index (κ3) is 5.36. The van der Waals surface area contributed by atoms with Gasteiger partial charge in [-0.15, -0.1) is 0 Å². The van der Waals surface area contributed by atoms with E-state index < -0.39 is 0 Å². The minimum atomic E-state index is -0.290. The highest BCUT2D eigenvalue weighted by Crippen LogP contribution is 2.20. The fourth-order valence-corrected chi connectivity index (χ4v) is 2.68. The lowest BCUT2D eigenvalue weighted by Crippen LogP contribution is -2.67. The maximum atomic E-state index is 6.33. The van der Waals surface area contributed by atoms with Gasteiger partial charge in [0.25, 0.3) is 0 Å². The van der Waals surface area contributed by atoms with Gasteiger partial charge in [-0.25, -0.2) is 0 Å². The first-order chi connectivity index (χ1) is 8.19. The number of hydrogen-bond acceptors (Lipinski definition) is 3. The highest BCUT2D eigenvalue weighted by molar-refractivity contribution is 4.94. The smallest absolute Gasteiger partial charge is 0.0817 e. The summed E-state index contributed by atoms with van der Waals surface area (Å²) in [6.45, 7) is 3.29. The van der Waals surface area contributed by atoms with Gasteiger partial charge in [-0.05, 0) is 25.8 Å². The average molecular weight is 241 g/mol. The van der Waals surface area contributed by atoms with E-state index in [0.717, 1.165) is 25.8 Å². The van der Waals surface area contributed by atoms with Gasteiger partial charge in [0, 0.05) is 6.04 Å². The summed E-state index contributed by atoms with van der Waals surface area (Å²) in [5.41, 5.74) is 12.1. The van der Waals surface area contributed by atoms with E-state index in [2.05, 4.69) is 12.2 Å². The molecular weight excluding hydrogens is 210 g/mol.